The van der Waals surface area contributed by atoms with Crippen LogP contribution in [0.1, 0.15) is 6.92 Å². The van der Waals surface area contributed by atoms with Gasteiger partial charge in [-0.2, -0.15) is 0 Å². The minimum absolute atomic E-state index is 0.374. The first-order valence-electron chi connectivity index (χ1n) is 4.94. The SMILES string of the molecule is CC(=O)N(C)[C@H]1C(O)O[C@H](CO)[C@@H](O)[C@@H]1O. The second-order valence-electron chi connectivity index (χ2n) is 3.85. The summed E-state index contributed by atoms with van der Waals surface area (Å²) in [7, 11) is 1.38. The molecular formula is C9H17NO6. The first kappa shape index (κ1) is 13.3. The molecule has 0 aromatic rings. The van der Waals surface area contributed by atoms with Gasteiger partial charge in [-0.25, -0.2) is 0 Å². The summed E-state index contributed by atoms with van der Waals surface area (Å²) in [6.45, 7) is 0.746. The number of rotatable bonds is 2. The van der Waals surface area contributed by atoms with E-state index in [4.69, 9.17) is 9.84 Å². The monoisotopic (exact) mass is 235 g/mol. The molecule has 1 unspecified atom stereocenters. The fourth-order valence-corrected chi connectivity index (χ4v) is 1.71. The quantitative estimate of drug-likeness (QED) is 0.413. The van der Waals surface area contributed by atoms with E-state index in [1.807, 2.05) is 0 Å². The van der Waals surface area contributed by atoms with Gasteiger partial charge in [0.05, 0.1) is 6.61 Å². The van der Waals surface area contributed by atoms with Crippen molar-refractivity contribution in [2.24, 2.45) is 0 Å². The van der Waals surface area contributed by atoms with Crippen molar-refractivity contribution in [2.45, 2.75) is 37.6 Å². The van der Waals surface area contributed by atoms with Gasteiger partial charge in [0, 0.05) is 14.0 Å². The fraction of sp³-hybridized carbons (Fsp3) is 0.889. The zero-order valence-electron chi connectivity index (χ0n) is 9.15. The smallest absolute Gasteiger partial charge is 0.219 e. The molecule has 1 rings (SSSR count). The molecule has 7 heteroatoms. The van der Waals surface area contributed by atoms with Crippen LogP contribution in [-0.4, -0.2) is 75.5 Å². The molecule has 1 heterocycles. The summed E-state index contributed by atoms with van der Waals surface area (Å²) in [5, 5.41) is 37.7. The lowest BCUT2D eigenvalue weighted by atomic mass is 9.96. The molecule has 1 aliphatic heterocycles. The zero-order valence-corrected chi connectivity index (χ0v) is 9.15. The number of hydrogen-bond donors (Lipinski definition) is 4. The summed E-state index contributed by atoms with van der Waals surface area (Å²) in [4.78, 5) is 12.2. The first-order chi connectivity index (χ1) is 7.40. The molecule has 1 fully saturated rings. The van der Waals surface area contributed by atoms with Crippen molar-refractivity contribution in [1.29, 1.82) is 0 Å². The Morgan fingerprint density at radius 2 is 1.88 bits per heavy atom. The van der Waals surface area contributed by atoms with E-state index in [0.717, 1.165) is 4.90 Å². The van der Waals surface area contributed by atoms with Crippen LogP contribution >= 0.6 is 0 Å². The van der Waals surface area contributed by atoms with E-state index in [9.17, 15) is 20.1 Å². The van der Waals surface area contributed by atoms with Gasteiger partial charge in [-0.15, -0.1) is 0 Å². The summed E-state index contributed by atoms with van der Waals surface area (Å²) in [5.41, 5.74) is 0. The number of aliphatic hydroxyl groups excluding tert-OH is 4. The van der Waals surface area contributed by atoms with E-state index in [0.29, 0.717) is 0 Å². The Bertz CT molecular complexity index is 260. The highest BCUT2D eigenvalue weighted by molar-refractivity contribution is 5.73. The van der Waals surface area contributed by atoms with Crippen LogP contribution in [0, 0.1) is 0 Å². The fourth-order valence-electron chi connectivity index (χ4n) is 1.71. The van der Waals surface area contributed by atoms with Gasteiger partial charge in [0.2, 0.25) is 5.91 Å². The molecule has 0 aromatic carbocycles. The van der Waals surface area contributed by atoms with Crippen LogP contribution in [0.25, 0.3) is 0 Å². The van der Waals surface area contributed by atoms with Gasteiger partial charge in [0.15, 0.2) is 6.29 Å². The number of amides is 1. The topological polar surface area (TPSA) is 110 Å². The Kier molecular flexibility index (Phi) is 4.22. The van der Waals surface area contributed by atoms with Crippen LogP contribution in [0.4, 0.5) is 0 Å². The van der Waals surface area contributed by atoms with Gasteiger partial charge in [-0.3, -0.25) is 4.79 Å². The van der Waals surface area contributed by atoms with Gasteiger partial charge in [-0.1, -0.05) is 0 Å². The second-order valence-corrected chi connectivity index (χ2v) is 3.85. The van der Waals surface area contributed by atoms with Gasteiger partial charge in [-0.05, 0) is 0 Å². The molecule has 1 saturated heterocycles. The molecular weight excluding hydrogens is 218 g/mol. The van der Waals surface area contributed by atoms with E-state index in [1.54, 1.807) is 0 Å². The molecule has 1 amide bonds. The highest BCUT2D eigenvalue weighted by Gasteiger charge is 2.46. The van der Waals surface area contributed by atoms with Crippen LogP contribution in [0.3, 0.4) is 0 Å². The average molecular weight is 235 g/mol. The third-order valence-corrected chi connectivity index (χ3v) is 2.81. The molecule has 0 aromatic heterocycles. The second kappa shape index (κ2) is 5.07. The maximum atomic E-state index is 11.1. The first-order valence-corrected chi connectivity index (χ1v) is 4.94. The van der Waals surface area contributed by atoms with Gasteiger partial charge in [0.1, 0.15) is 24.4 Å². The zero-order chi connectivity index (χ0) is 12.5. The summed E-state index contributed by atoms with van der Waals surface area (Å²) < 4.78 is 4.90. The van der Waals surface area contributed by atoms with E-state index < -0.39 is 37.3 Å². The van der Waals surface area contributed by atoms with Gasteiger partial charge < -0.3 is 30.1 Å². The molecule has 16 heavy (non-hydrogen) atoms. The van der Waals surface area contributed by atoms with Gasteiger partial charge >= 0.3 is 0 Å². The highest BCUT2D eigenvalue weighted by Crippen LogP contribution is 2.23. The van der Waals surface area contributed by atoms with Crippen LogP contribution < -0.4 is 0 Å². The van der Waals surface area contributed by atoms with Crippen molar-refractivity contribution in [3.8, 4) is 0 Å². The normalized spacial score (nSPS) is 39.5. The molecule has 0 spiro atoms. The average Bonchev–Trinajstić information content (AvgIpc) is 2.23. The standard InChI is InChI=1S/C9H17NO6/c1-4(12)10(2)6-8(14)7(13)5(3-11)16-9(6)15/h5-9,11,13-15H,3H2,1-2H3/t5-,6-,7-,8-,9?/m1/s1. The lowest BCUT2D eigenvalue weighted by molar-refractivity contribution is -0.268. The number of hydrogen-bond acceptors (Lipinski definition) is 6. The van der Waals surface area contributed by atoms with E-state index in [2.05, 4.69) is 0 Å². The van der Waals surface area contributed by atoms with Crippen molar-refractivity contribution < 1.29 is 30.0 Å². The summed E-state index contributed by atoms with van der Waals surface area (Å²) in [6.07, 6.45) is -5.21. The highest BCUT2D eigenvalue weighted by atomic mass is 16.6. The number of carbonyl (C=O) groups excluding carboxylic acids is 1. The maximum absolute atomic E-state index is 11.1. The molecule has 94 valence electrons. The number of nitrogens with zero attached hydrogens (tertiary/aromatic N) is 1. The van der Waals surface area contributed by atoms with Gasteiger partial charge in [0.25, 0.3) is 0 Å². The third kappa shape index (κ3) is 2.33. The Balaban J connectivity index is 2.83. The van der Waals surface area contributed by atoms with Crippen molar-refractivity contribution >= 4 is 5.91 Å². The molecule has 7 nitrogen and oxygen atoms in total. The number of carbonyl (C=O) groups is 1. The molecule has 4 N–H and O–H groups in total. The Hall–Kier alpha value is -0.730. The van der Waals surface area contributed by atoms with Crippen LogP contribution in [-0.2, 0) is 9.53 Å². The molecule has 1 aliphatic rings. The minimum Gasteiger partial charge on any atom is -0.394 e. The lowest BCUT2D eigenvalue weighted by Gasteiger charge is -2.43. The predicted octanol–water partition coefficient (Wildman–Crippen LogP) is -2.74. The Morgan fingerprint density at radius 1 is 1.31 bits per heavy atom. The summed E-state index contributed by atoms with van der Waals surface area (Å²) >= 11 is 0. The third-order valence-electron chi connectivity index (χ3n) is 2.81. The number of likely N-dealkylation sites (N-methyl/N-ethyl adjacent to an activating group) is 1. The number of aliphatic hydroxyl groups is 4. The van der Waals surface area contributed by atoms with E-state index >= 15 is 0 Å². The summed E-state index contributed by atoms with van der Waals surface area (Å²) in [6, 6.07) is -1.05. The molecule has 5 atom stereocenters. The minimum atomic E-state index is -1.44. The Morgan fingerprint density at radius 3 is 2.31 bits per heavy atom. The van der Waals surface area contributed by atoms with E-state index in [-0.39, 0.29) is 5.91 Å². The Labute approximate surface area is 92.9 Å². The molecule has 0 bridgehead atoms. The van der Waals surface area contributed by atoms with Crippen LogP contribution in [0.5, 0.6) is 0 Å². The lowest BCUT2D eigenvalue weighted by Crippen LogP contribution is -2.64. The van der Waals surface area contributed by atoms with Crippen LogP contribution in [0.2, 0.25) is 0 Å². The van der Waals surface area contributed by atoms with E-state index in [1.165, 1.54) is 14.0 Å². The van der Waals surface area contributed by atoms with Crippen molar-refractivity contribution in [3.05, 3.63) is 0 Å². The van der Waals surface area contributed by atoms with Crippen molar-refractivity contribution in [1.82, 2.24) is 4.90 Å². The summed E-state index contributed by atoms with van der Waals surface area (Å²) in [5.74, 6) is -0.374. The molecule has 0 aliphatic carbocycles. The van der Waals surface area contributed by atoms with Crippen LogP contribution in [0.15, 0.2) is 0 Å². The molecule has 0 saturated carbocycles. The maximum Gasteiger partial charge on any atom is 0.219 e. The molecule has 0 radical (unpaired) electrons. The number of ether oxygens (including phenoxy) is 1. The van der Waals surface area contributed by atoms with Crippen molar-refractivity contribution in [3.63, 3.8) is 0 Å². The predicted molar refractivity (Wildman–Crippen MR) is 52.2 cm³/mol. The van der Waals surface area contributed by atoms with Crippen molar-refractivity contribution in [2.75, 3.05) is 13.7 Å². The largest absolute Gasteiger partial charge is 0.394 e.